The van der Waals surface area contributed by atoms with Gasteiger partial charge in [0.2, 0.25) is 10.0 Å². The lowest BCUT2D eigenvalue weighted by Gasteiger charge is -2.10. The SMILES string of the molecule is Cl.NCCNS(=O)(=O)c1cc(C(F)(F)F)ccc1F. The maximum atomic E-state index is 13.3. The second-order valence-corrected chi connectivity index (χ2v) is 5.06. The summed E-state index contributed by atoms with van der Waals surface area (Å²) in [6, 6.07) is 1.17. The summed E-state index contributed by atoms with van der Waals surface area (Å²) < 4.78 is 75.3. The zero-order valence-corrected chi connectivity index (χ0v) is 11.0. The minimum absolute atomic E-state index is 0. The zero-order chi connectivity index (χ0) is 14.0. The fraction of sp³-hybridized carbons (Fsp3) is 0.333. The largest absolute Gasteiger partial charge is 0.416 e. The number of rotatable bonds is 4. The Labute approximate surface area is 113 Å². The van der Waals surface area contributed by atoms with Gasteiger partial charge in [-0.3, -0.25) is 0 Å². The highest BCUT2D eigenvalue weighted by molar-refractivity contribution is 7.89. The standard InChI is InChI=1S/C9H10F4N2O2S.ClH/c10-7-2-1-6(9(11,12)13)5-8(7)18(16,17)15-4-3-14;/h1-2,5,15H,3-4,14H2;1H. The molecule has 0 unspecified atom stereocenters. The Morgan fingerprint density at radius 3 is 2.32 bits per heavy atom. The van der Waals surface area contributed by atoms with Crippen molar-refractivity contribution in [2.45, 2.75) is 11.1 Å². The number of halogens is 5. The smallest absolute Gasteiger partial charge is 0.329 e. The lowest BCUT2D eigenvalue weighted by Crippen LogP contribution is -2.30. The summed E-state index contributed by atoms with van der Waals surface area (Å²) in [5.74, 6) is -1.26. The van der Waals surface area contributed by atoms with Crippen LogP contribution in [0.15, 0.2) is 23.1 Å². The van der Waals surface area contributed by atoms with Gasteiger partial charge in [0.1, 0.15) is 10.7 Å². The van der Waals surface area contributed by atoms with Crippen molar-refractivity contribution in [2.24, 2.45) is 5.73 Å². The number of hydrogen-bond donors (Lipinski definition) is 2. The number of nitrogens with one attached hydrogen (secondary N) is 1. The summed E-state index contributed by atoms with van der Waals surface area (Å²) in [5, 5.41) is 0. The van der Waals surface area contributed by atoms with Gasteiger partial charge in [-0.25, -0.2) is 17.5 Å². The topological polar surface area (TPSA) is 72.2 Å². The number of benzene rings is 1. The molecule has 19 heavy (non-hydrogen) atoms. The van der Waals surface area contributed by atoms with Crippen LogP contribution in [0, 0.1) is 5.82 Å². The Hall–Kier alpha value is -0.900. The summed E-state index contributed by atoms with van der Waals surface area (Å²) in [5.41, 5.74) is 3.81. The predicted octanol–water partition coefficient (Wildman–Crippen LogP) is 1.50. The van der Waals surface area contributed by atoms with Crippen molar-refractivity contribution in [1.82, 2.24) is 4.72 Å². The summed E-state index contributed by atoms with van der Waals surface area (Å²) >= 11 is 0. The quantitative estimate of drug-likeness (QED) is 0.825. The minimum atomic E-state index is -4.74. The van der Waals surface area contributed by atoms with E-state index in [0.29, 0.717) is 12.1 Å². The van der Waals surface area contributed by atoms with Crippen molar-refractivity contribution in [2.75, 3.05) is 13.1 Å². The molecule has 0 radical (unpaired) electrons. The van der Waals surface area contributed by atoms with Crippen LogP contribution in [0.4, 0.5) is 17.6 Å². The molecule has 3 N–H and O–H groups in total. The maximum Gasteiger partial charge on any atom is 0.416 e. The van der Waals surface area contributed by atoms with Crippen molar-refractivity contribution in [1.29, 1.82) is 0 Å². The van der Waals surface area contributed by atoms with Gasteiger partial charge in [0.05, 0.1) is 5.56 Å². The minimum Gasteiger partial charge on any atom is -0.329 e. The van der Waals surface area contributed by atoms with Gasteiger partial charge in [-0.05, 0) is 18.2 Å². The highest BCUT2D eigenvalue weighted by atomic mass is 35.5. The van der Waals surface area contributed by atoms with E-state index in [1.165, 1.54) is 0 Å². The third kappa shape index (κ3) is 4.60. The fourth-order valence-electron chi connectivity index (χ4n) is 1.16. The van der Waals surface area contributed by atoms with Gasteiger partial charge >= 0.3 is 6.18 Å². The molecule has 0 heterocycles. The third-order valence-electron chi connectivity index (χ3n) is 1.98. The monoisotopic (exact) mass is 322 g/mol. The second kappa shape index (κ2) is 6.51. The zero-order valence-electron chi connectivity index (χ0n) is 9.37. The van der Waals surface area contributed by atoms with E-state index >= 15 is 0 Å². The van der Waals surface area contributed by atoms with Crippen molar-refractivity contribution in [3.8, 4) is 0 Å². The molecule has 0 atom stereocenters. The Morgan fingerprint density at radius 2 is 1.84 bits per heavy atom. The van der Waals surface area contributed by atoms with Gasteiger partial charge in [-0.15, -0.1) is 12.4 Å². The van der Waals surface area contributed by atoms with Gasteiger partial charge in [-0.1, -0.05) is 0 Å². The summed E-state index contributed by atoms with van der Waals surface area (Å²) in [6.07, 6.45) is -4.74. The molecular weight excluding hydrogens is 312 g/mol. The number of hydrogen-bond acceptors (Lipinski definition) is 3. The van der Waals surface area contributed by atoms with Crippen LogP contribution < -0.4 is 10.5 Å². The molecule has 0 spiro atoms. The normalized spacial score (nSPS) is 12.1. The third-order valence-corrected chi connectivity index (χ3v) is 3.46. The Bertz CT molecular complexity index is 534. The van der Waals surface area contributed by atoms with E-state index in [1.54, 1.807) is 0 Å². The molecule has 1 aromatic rings. The molecule has 0 amide bonds. The van der Waals surface area contributed by atoms with Gasteiger partial charge in [-0.2, -0.15) is 13.2 Å². The van der Waals surface area contributed by atoms with E-state index in [1.807, 2.05) is 4.72 Å². The van der Waals surface area contributed by atoms with Crippen LogP contribution in [-0.2, 0) is 16.2 Å². The van der Waals surface area contributed by atoms with E-state index in [2.05, 4.69) is 0 Å². The van der Waals surface area contributed by atoms with Crippen LogP contribution in [-0.4, -0.2) is 21.5 Å². The van der Waals surface area contributed by atoms with Crippen LogP contribution in [0.5, 0.6) is 0 Å². The van der Waals surface area contributed by atoms with Crippen LogP contribution in [0.2, 0.25) is 0 Å². The first kappa shape index (κ1) is 18.1. The first-order valence-corrected chi connectivity index (χ1v) is 6.23. The number of alkyl halides is 3. The molecule has 1 aromatic carbocycles. The van der Waals surface area contributed by atoms with Gasteiger partial charge in [0.15, 0.2) is 0 Å². The molecule has 0 aromatic heterocycles. The lowest BCUT2D eigenvalue weighted by molar-refractivity contribution is -0.137. The average molecular weight is 323 g/mol. The van der Waals surface area contributed by atoms with Crippen LogP contribution in [0.1, 0.15) is 5.56 Å². The van der Waals surface area contributed by atoms with E-state index in [9.17, 15) is 26.0 Å². The Morgan fingerprint density at radius 1 is 1.26 bits per heavy atom. The summed E-state index contributed by atoms with van der Waals surface area (Å²) in [7, 11) is -4.34. The molecule has 0 bridgehead atoms. The molecule has 4 nitrogen and oxygen atoms in total. The molecule has 0 fully saturated rings. The van der Waals surface area contributed by atoms with Crippen molar-refractivity contribution < 1.29 is 26.0 Å². The Balaban J connectivity index is 0.00000324. The van der Waals surface area contributed by atoms with Gasteiger partial charge < -0.3 is 5.73 Å². The van der Waals surface area contributed by atoms with Crippen LogP contribution in [0.25, 0.3) is 0 Å². The number of nitrogens with two attached hydrogens (primary N) is 1. The molecule has 0 saturated carbocycles. The molecule has 0 aliphatic carbocycles. The van der Waals surface area contributed by atoms with E-state index in [-0.39, 0.29) is 31.6 Å². The molecule has 10 heteroatoms. The van der Waals surface area contributed by atoms with Crippen LogP contribution >= 0.6 is 12.4 Å². The lowest BCUT2D eigenvalue weighted by atomic mass is 10.2. The molecule has 1 rings (SSSR count). The first-order chi connectivity index (χ1) is 8.18. The Kier molecular flexibility index (Phi) is 6.20. The molecular formula is C9H11ClF4N2O2S. The average Bonchev–Trinajstić information content (AvgIpc) is 2.25. The fourth-order valence-corrected chi connectivity index (χ4v) is 2.31. The van der Waals surface area contributed by atoms with Gasteiger partial charge in [0, 0.05) is 13.1 Å². The predicted molar refractivity (Wildman–Crippen MR) is 62.9 cm³/mol. The van der Waals surface area contributed by atoms with Crippen molar-refractivity contribution >= 4 is 22.4 Å². The van der Waals surface area contributed by atoms with Crippen molar-refractivity contribution in [3.63, 3.8) is 0 Å². The highest BCUT2D eigenvalue weighted by Gasteiger charge is 2.32. The second-order valence-electron chi connectivity index (χ2n) is 3.33. The number of sulfonamides is 1. The van der Waals surface area contributed by atoms with E-state index in [0.717, 1.165) is 0 Å². The van der Waals surface area contributed by atoms with E-state index < -0.39 is 32.5 Å². The highest BCUT2D eigenvalue weighted by Crippen LogP contribution is 2.31. The molecule has 0 aliphatic heterocycles. The van der Waals surface area contributed by atoms with Crippen LogP contribution in [0.3, 0.4) is 0 Å². The molecule has 0 aliphatic rings. The van der Waals surface area contributed by atoms with E-state index in [4.69, 9.17) is 5.73 Å². The first-order valence-electron chi connectivity index (χ1n) is 4.75. The van der Waals surface area contributed by atoms with Crippen molar-refractivity contribution in [3.05, 3.63) is 29.6 Å². The molecule has 110 valence electrons. The summed E-state index contributed by atoms with van der Waals surface area (Å²) in [4.78, 5) is -1.05. The molecule has 0 saturated heterocycles. The summed E-state index contributed by atoms with van der Waals surface area (Å²) in [6.45, 7) is -0.252. The van der Waals surface area contributed by atoms with Gasteiger partial charge in [0.25, 0.3) is 0 Å². The maximum absolute atomic E-state index is 13.3.